The third-order valence-corrected chi connectivity index (χ3v) is 3.69. The third-order valence-electron chi connectivity index (χ3n) is 2.25. The van der Waals surface area contributed by atoms with Gasteiger partial charge in [0, 0.05) is 13.2 Å². The second kappa shape index (κ2) is 4.39. The average molecular weight is 207 g/mol. The van der Waals surface area contributed by atoms with Crippen LogP contribution in [0.25, 0.3) is 0 Å². The number of sulfonamides is 1. The highest BCUT2D eigenvalue weighted by Crippen LogP contribution is 2.32. The van der Waals surface area contributed by atoms with Crippen molar-refractivity contribution in [2.45, 2.75) is 25.8 Å². The van der Waals surface area contributed by atoms with Crippen LogP contribution in [0.5, 0.6) is 0 Å². The molecule has 0 unspecified atom stereocenters. The molecule has 0 aromatic carbocycles. The number of hydrogen-bond acceptors (Lipinski definition) is 3. The fraction of sp³-hybridized carbons (Fsp3) is 1.00. The molecule has 1 saturated carbocycles. The molecule has 1 N–H and O–H groups in total. The zero-order chi connectivity index (χ0) is 9.90. The zero-order valence-corrected chi connectivity index (χ0v) is 8.93. The Morgan fingerprint density at radius 3 is 2.62 bits per heavy atom. The maximum absolute atomic E-state index is 11.3. The molecular weight excluding hydrogens is 190 g/mol. The summed E-state index contributed by atoms with van der Waals surface area (Å²) in [7, 11) is -1.62. The summed E-state index contributed by atoms with van der Waals surface area (Å²) < 4.78 is 30.0. The molecule has 0 radical (unpaired) electrons. The van der Waals surface area contributed by atoms with E-state index in [4.69, 9.17) is 4.74 Å². The lowest BCUT2D eigenvalue weighted by atomic mass is 10.2. The van der Waals surface area contributed by atoms with Gasteiger partial charge in [-0.1, -0.05) is 0 Å². The van der Waals surface area contributed by atoms with Crippen molar-refractivity contribution in [1.82, 2.24) is 4.72 Å². The maximum Gasteiger partial charge on any atom is 0.214 e. The van der Waals surface area contributed by atoms with Gasteiger partial charge < -0.3 is 4.74 Å². The van der Waals surface area contributed by atoms with Crippen LogP contribution in [0.4, 0.5) is 0 Å². The van der Waals surface area contributed by atoms with Crippen LogP contribution in [0.3, 0.4) is 0 Å². The van der Waals surface area contributed by atoms with E-state index in [2.05, 4.69) is 4.72 Å². The van der Waals surface area contributed by atoms with Gasteiger partial charge >= 0.3 is 0 Å². The molecule has 0 saturated heterocycles. The monoisotopic (exact) mass is 207 g/mol. The predicted molar refractivity (Wildman–Crippen MR) is 51.0 cm³/mol. The van der Waals surface area contributed by atoms with Crippen molar-refractivity contribution in [3.05, 3.63) is 0 Å². The molecule has 1 aliphatic carbocycles. The summed E-state index contributed by atoms with van der Waals surface area (Å²) in [6.07, 6.45) is 2.29. The van der Waals surface area contributed by atoms with Crippen molar-refractivity contribution >= 4 is 10.0 Å². The van der Waals surface area contributed by atoms with Crippen LogP contribution in [-0.4, -0.2) is 33.9 Å². The number of rotatable bonds is 6. The van der Waals surface area contributed by atoms with Crippen molar-refractivity contribution in [3.63, 3.8) is 0 Å². The highest BCUT2D eigenvalue weighted by molar-refractivity contribution is 7.89. The van der Waals surface area contributed by atoms with E-state index in [-0.39, 0.29) is 18.4 Å². The zero-order valence-electron chi connectivity index (χ0n) is 8.12. The molecule has 0 heterocycles. The Labute approximate surface area is 79.7 Å². The number of hydrogen-bond donors (Lipinski definition) is 1. The molecule has 4 nitrogen and oxygen atoms in total. The van der Waals surface area contributed by atoms with Crippen LogP contribution < -0.4 is 4.72 Å². The molecular formula is C8H17NO3S. The van der Waals surface area contributed by atoms with Crippen molar-refractivity contribution in [3.8, 4) is 0 Å². The van der Waals surface area contributed by atoms with Crippen LogP contribution >= 0.6 is 0 Å². The van der Waals surface area contributed by atoms with E-state index < -0.39 is 10.0 Å². The summed E-state index contributed by atoms with van der Waals surface area (Å²) in [4.78, 5) is 0. The van der Waals surface area contributed by atoms with Gasteiger partial charge in [0.05, 0.1) is 12.4 Å². The maximum atomic E-state index is 11.3. The first-order valence-electron chi connectivity index (χ1n) is 4.54. The molecule has 0 amide bonds. The average Bonchev–Trinajstić information content (AvgIpc) is 2.82. The summed E-state index contributed by atoms with van der Waals surface area (Å²) in [5.41, 5.74) is 0. The first-order chi connectivity index (χ1) is 6.05. The van der Waals surface area contributed by atoms with Gasteiger partial charge in [-0.05, 0) is 25.7 Å². The van der Waals surface area contributed by atoms with Gasteiger partial charge in [0.1, 0.15) is 0 Å². The van der Waals surface area contributed by atoms with Crippen molar-refractivity contribution in [1.29, 1.82) is 0 Å². The topological polar surface area (TPSA) is 55.4 Å². The van der Waals surface area contributed by atoms with Crippen molar-refractivity contribution in [2.75, 3.05) is 19.5 Å². The van der Waals surface area contributed by atoms with E-state index in [1.54, 1.807) is 0 Å². The van der Waals surface area contributed by atoms with Gasteiger partial charge in [0.15, 0.2) is 0 Å². The summed E-state index contributed by atoms with van der Waals surface area (Å²) >= 11 is 0. The van der Waals surface area contributed by atoms with Gasteiger partial charge in [-0.3, -0.25) is 0 Å². The lowest BCUT2D eigenvalue weighted by Gasteiger charge is -2.12. The molecule has 1 atom stereocenters. The first-order valence-corrected chi connectivity index (χ1v) is 6.19. The number of methoxy groups -OCH3 is 1. The van der Waals surface area contributed by atoms with Crippen molar-refractivity contribution in [2.24, 2.45) is 5.92 Å². The van der Waals surface area contributed by atoms with E-state index in [0.29, 0.717) is 5.92 Å². The van der Waals surface area contributed by atoms with Gasteiger partial charge in [0.25, 0.3) is 0 Å². The summed E-state index contributed by atoms with van der Waals surface area (Å²) in [5.74, 6) is 0.609. The van der Waals surface area contributed by atoms with Crippen LogP contribution in [-0.2, 0) is 14.8 Å². The Morgan fingerprint density at radius 1 is 1.54 bits per heavy atom. The van der Waals surface area contributed by atoms with Gasteiger partial charge in [-0.2, -0.15) is 0 Å². The third kappa shape index (κ3) is 4.06. The smallest absolute Gasteiger partial charge is 0.214 e. The number of ether oxygens (including phenoxy) is 1. The van der Waals surface area contributed by atoms with E-state index in [0.717, 1.165) is 12.8 Å². The van der Waals surface area contributed by atoms with Gasteiger partial charge in [0.2, 0.25) is 10.0 Å². The Kier molecular flexibility index (Phi) is 3.70. The van der Waals surface area contributed by atoms with E-state index in [9.17, 15) is 8.42 Å². The molecule has 1 rings (SSSR count). The quantitative estimate of drug-likeness (QED) is 0.684. The standard InChI is InChI=1S/C8H17NO3S/c1-7(8-3-4-8)9-13(10,11)6-5-12-2/h7-9H,3-6H2,1-2H3/t7-/m0/s1. The lowest BCUT2D eigenvalue weighted by molar-refractivity contribution is 0.216. The molecule has 1 aliphatic rings. The molecule has 0 bridgehead atoms. The van der Waals surface area contributed by atoms with E-state index in [1.165, 1.54) is 7.11 Å². The van der Waals surface area contributed by atoms with Crippen molar-refractivity contribution < 1.29 is 13.2 Å². The largest absolute Gasteiger partial charge is 0.384 e. The minimum absolute atomic E-state index is 0.0561. The van der Waals surface area contributed by atoms with E-state index >= 15 is 0 Å². The minimum Gasteiger partial charge on any atom is -0.384 e. The van der Waals surface area contributed by atoms with Gasteiger partial charge in [-0.15, -0.1) is 0 Å². The van der Waals surface area contributed by atoms with Crippen LogP contribution in [0.15, 0.2) is 0 Å². The highest BCUT2D eigenvalue weighted by atomic mass is 32.2. The number of nitrogens with one attached hydrogen (secondary N) is 1. The molecule has 5 heteroatoms. The molecule has 1 fully saturated rings. The molecule has 0 aromatic rings. The Balaban J connectivity index is 2.31. The second-order valence-corrected chi connectivity index (χ2v) is 5.43. The van der Waals surface area contributed by atoms with Gasteiger partial charge in [-0.25, -0.2) is 13.1 Å². The van der Waals surface area contributed by atoms with Crippen LogP contribution in [0, 0.1) is 5.92 Å². The molecule has 13 heavy (non-hydrogen) atoms. The summed E-state index contributed by atoms with van der Waals surface area (Å²) in [6, 6.07) is 0.0851. The fourth-order valence-corrected chi connectivity index (χ4v) is 2.49. The van der Waals surface area contributed by atoms with Crippen LogP contribution in [0.2, 0.25) is 0 Å². The highest BCUT2D eigenvalue weighted by Gasteiger charge is 2.30. The molecule has 0 aliphatic heterocycles. The first kappa shape index (κ1) is 10.9. The predicted octanol–water partition coefficient (Wildman–Crippen LogP) is 0.351. The minimum atomic E-state index is -3.12. The Morgan fingerprint density at radius 2 is 2.15 bits per heavy atom. The van der Waals surface area contributed by atoms with E-state index in [1.807, 2.05) is 6.92 Å². The molecule has 0 aromatic heterocycles. The van der Waals surface area contributed by atoms with Crippen LogP contribution in [0.1, 0.15) is 19.8 Å². The molecule has 0 spiro atoms. The normalized spacial score (nSPS) is 20.2. The Hall–Kier alpha value is -0.130. The lowest BCUT2D eigenvalue weighted by Crippen LogP contribution is -2.36. The molecule has 78 valence electrons. The SMILES string of the molecule is COCCS(=O)(=O)N[C@@H](C)C1CC1. The second-order valence-electron chi connectivity index (χ2n) is 3.56. The fourth-order valence-electron chi connectivity index (χ4n) is 1.23. The summed E-state index contributed by atoms with van der Waals surface area (Å²) in [6.45, 7) is 2.18. The Bertz CT molecular complexity index is 246. The summed E-state index contributed by atoms with van der Waals surface area (Å²) in [5, 5.41) is 0.